The van der Waals surface area contributed by atoms with E-state index in [-0.39, 0.29) is 0 Å². The number of carboxylic acids is 1. The van der Waals surface area contributed by atoms with Gasteiger partial charge >= 0.3 is 5.97 Å². The summed E-state index contributed by atoms with van der Waals surface area (Å²) >= 11 is 0. The Bertz CT molecular complexity index is 505. The number of rotatable bonds is 7. The summed E-state index contributed by atoms with van der Waals surface area (Å²) in [5.74, 6) is -0.810. The van der Waals surface area contributed by atoms with Gasteiger partial charge in [-0.15, -0.1) is 0 Å². The van der Waals surface area contributed by atoms with Gasteiger partial charge in [-0.3, -0.25) is 9.59 Å². The van der Waals surface area contributed by atoms with Crippen molar-refractivity contribution in [2.24, 2.45) is 5.92 Å². The molecule has 1 saturated carbocycles. The Labute approximate surface area is 117 Å². The minimum absolute atomic E-state index is 0.355. The third-order valence-electron chi connectivity index (χ3n) is 3.47. The molecule has 1 aromatic rings. The fraction of sp³-hybridized carbons (Fsp3) is 0.400. The SMILES string of the molecule is O=Cc1ccc(C(=O)NC(CCC2CC2)C(=O)O)cc1. The molecule has 1 unspecified atom stereocenters. The molecule has 1 aliphatic carbocycles. The van der Waals surface area contributed by atoms with E-state index < -0.39 is 17.9 Å². The lowest BCUT2D eigenvalue weighted by atomic mass is 10.1. The quantitative estimate of drug-likeness (QED) is 0.744. The number of carboxylic acid groups (broad SMARTS) is 1. The summed E-state index contributed by atoms with van der Waals surface area (Å²) in [4.78, 5) is 33.6. The third kappa shape index (κ3) is 3.91. The van der Waals surface area contributed by atoms with Gasteiger partial charge in [0.2, 0.25) is 0 Å². The summed E-state index contributed by atoms with van der Waals surface area (Å²) in [6.45, 7) is 0. The van der Waals surface area contributed by atoms with Crippen LogP contribution in [0.5, 0.6) is 0 Å². The first-order valence-electron chi connectivity index (χ1n) is 6.69. The van der Waals surface area contributed by atoms with Gasteiger partial charge in [-0.2, -0.15) is 0 Å². The first-order valence-corrected chi connectivity index (χ1v) is 6.69. The zero-order valence-corrected chi connectivity index (χ0v) is 11.0. The van der Waals surface area contributed by atoms with Gasteiger partial charge in [0.25, 0.3) is 5.91 Å². The van der Waals surface area contributed by atoms with Crippen LogP contribution in [0.15, 0.2) is 24.3 Å². The first kappa shape index (κ1) is 14.2. The predicted molar refractivity (Wildman–Crippen MR) is 72.7 cm³/mol. The second-order valence-corrected chi connectivity index (χ2v) is 5.12. The summed E-state index contributed by atoms with van der Waals surface area (Å²) in [5.41, 5.74) is 0.832. The summed E-state index contributed by atoms with van der Waals surface area (Å²) in [5, 5.41) is 11.7. The topological polar surface area (TPSA) is 83.5 Å². The summed E-state index contributed by atoms with van der Waals surface area (Å²) in [6, 6.07) is 5.23. The maximum Gasteiger partial charge on any atom is 0.326 e. The highest BCUT2D eigenvalue weighted by Gasteiger charge is 2.26. The molecule has 0 saturated heterocycles. The Balaban J connectivity index is 1.94. The summed E-state index contributed by atoms with van der Waals surface area (Å²) in [6.07, 6.45) is 4.30. The van der Waals surface area contributed by atoms with E-state index in [0.29, 0.717) is 29.8 Å². The minimum Gasteiger partial charge on any atom is -0.480 e. The minimum atomic E-state index is -1.01. The molecule has 1 amide bonds. The largest absolute Gasteiger partial charge is 0.480 e. The van der Waals surface area contributed by atoms with E-state index in [1.807, 2.05) is 0 Å². The van der Waals surface area contributed by atoms with Crippen molar-refractivity contribution in [2.45, 2.75) is 31.7 Å². The van der Waals surface area contributed by atoms with Gasteiger partial charge in [0.15, 0.2) is 0 Å². The van der Waals surface area contributed by atoms with Crippen LogP contribution in [0.4, 0.5) is 0 Å². The van der Waals surface area contributed by atoms with Gasteiger partial charge in [0, 0.05) is 11.1 Å². The van der Waals surface area contributed by atoms with Gasteiger partial charge in [0.1, 0.15) is 12.3 Å². The van der Waals surface area contributed by atoms with E-state index in [4.69, 9.17) is 5.11 Å². The van der Waals surface area contributed by atoms with Crippen LogP contribution in [0.2, 0.25) is 0 Å². The Morgan fingerprint density at radius 3 is 2.45 bits per heavy atom. The van der Waals surface area contributed by atoms with Crippen molar-refractivity contribution in [1.82, 2.24) is 5.32 Å². The standard InChI is InChI=1S/C15H17NO4/c17-9-11-3-6-12(7-4-11)14(18)16-13(15(19)20)8-5-10-1-2-10/h3-4,6-7,9-10,13H,1-2,5,8H2,(H,16,18)(H,19,20). The van der Waals surface area contributed by atoms with Crippen LogP contribution in [0, 0.1) is 5.92 Å². The second kappa shape index (κ2) is 6.32. The van der Waals surface area contributed by atoms with Gasteiger partial charge in [-0.1, -0.05) is 25.0 Å². The fourth-order valence-corrected chi connectivity index (χ4v) is 2.02. The van der Waals surface area contributed by atoms with Crippen LogP contribution < -0.4 is 5.32 Å². The van der Waals surface area contributed by atoms with Crippen molar-refractivity contribution < 1.29 is 19.5 Å². The van der Waals surface area contributed by atoms with Crippen LogP contribution in [0.1, 0.15) is 46.4 Å². The van der Waals surface area contributed by atoms with Gasteiger partial charge in [-0.25, -0.2) is 4.79 Å². The lowest BCUT2D eigenvalue weighted by Crippen LogP contribution is -2.40. The van der Waals surface area contributed by atoms with Crippen molar-refractivity contribution in [3.8, 4) is 0 Å². The number of carbonyl (C=O) groups is 3. The monoisotopic (exact) mass is 275 g/mol. The highest BCUT2D eigenvalue weighted by molar-refractivity contribution is 5.97. The molecule has 2 N–H and O–H groups in total. The van der Waals surface area contributed by atoms with E-state index in [1.165, 1.54) is 24.3 Å². The molecule has 20 heavy (non-hydrogen) atoms. The molecular weight excluding hydrogens is 258 g/mol. The molecule has 1 aliphatic rings. The lowest BCUT2D eigenvalue weighted by Gasteiger charge is -2.14. The number of carbonyl (C=O) groups excluding carboxylic acids is 2. The van der Waals surface area contributed by atoms with E-state index >= 15 is 0 Å². The third-order valence-corrected chi connectivity index (χ3v) is 3.47. The van der Waals surface area contributed by atoms with Crippen molar-refractivity contribution in [3.63, 3.8) is 0 Å². The molecule has 2 rings (SSSR count). The Kier molecular flexibility index (Phi) is 4.50. The van der Waals surface area contributed by atoms with E-state index in [1.54, 1.807) is 0 Å². The smallest absolute Gasteiger partial charge is 0.326 e. The molecule has 5 heteroatoms. The molecule has 106 valence electrons. The average Bonchev–Trinajstić information content (AvgIpc) is 3.27. The van der Waals surface area contributed by atoms with E-state index in [9.17, 15) is 14.4 Å². The van der Waals surface area contributed by atoms with Crippen LogP contribution in [-0.4, -0.2) is 29.3 Å². The van der Waals surface area contributed by atoms with Crippen LogP contribution >= 0.6 is 0 Å². The highest BCUT2D eigenvalue weighted by atomic mass is 16.4. The number of aldehydes is 1. The van der Waals surface area contributed by atoms with Gasteiger partial charge in [-0.05, 0) is 30.9 Å². The molecule has 5 nitrogen and oxygen atoms in total. The van der Waals surface area contributed by atoms with Crippen molar-refractivity contribution in [2.75, 3.05) is 0 Å². The molecule has 1 fully saturated rings. The van der Waals surface area contributed by atoms with Crippen LogP contribution in [0.25, 0.3) is 0 Å². The molecule has 1 atom stereocenters. The fourth-order valence-electron chi connectivity index (χ4n) is 2.02. The molecule has 0 bridgehead atoms. The molecular formula is C15H17NO4. The Morgan fingerprint density at radius 1 is 1.30 bits per heavy atom. The second-order valence-electron chi connectivity index (χ2n) is 5.12. The number of hydrogen-bond acceptors (Lipinski definition) is 3. The van der Waals surface area contributed by atoms with Crippen LogP contribution in [-0.2, 0) is 4.79 Å². The van der Waals surface area contributed by atoms with Crippen molar-refractivity contribution in [1.29, 1.82) is 0 Å². The zero-order chi connectivity index (χ0) is 14.5. The molecule has 0 aromatic heterocycles. The summed E-state index contributed by atoms with van der Waals surface area (Å²) in [7, 11) is 0. The first-order chi connectivity index (χ1) is 9.60. The number of nitrogens with one attached hydrogen (secondary N) is 1. The maximum absolute atomic E-state index is 12.0. The Morgan fingerprint density at radius 2 is 1.95 bits per heavy atom. The molecule has 0 spiro atoms. The number of benzene rings is 1. The molecule has 1 aromatic carbocycles. The van der Waals surface area contributed by atoms with Crippen molar-refractivity contribution in [3.05, 3.63) is 35.4 Å². The predicted octanol–water partition coefficient (Wildman–Crippen LogP) is 1.87. The summed E-state index contributed by atoms with van der Waals surface area (Å²) < 4.78 is 0. The van der Waals surface area contributed by atoms with Gasteiger partial charge in [0.05, 0.1) is 0 Å². The van der Waals surface area contributed by atoms with Crippen molar-refractivity contribution >= 4 is 18.2 Å². The zero-order valence-electron chi connectivity index (χ0n) is 11.0. The maximum atomic E-state index is 12.0. The molecule has 0 aliphatic heterocycles. The highest BCUT2D eigenvalue weighted by Crippen LogP contribution is 2.33. The van der Waals surface area contributed by atoms with E-state index in [0.717, 1.165) is 19.3 Å². The molecule has 0 radical (unpaired) electrons. The molecule has 0 heterocycles. The normalized spacial score (nSPS) is 15.4. The van der Waals surface area contributed by atoms with Gasteiger partial charge < -0.3 is 10.4 Å². The lowest BCUT2D eigenvalue weighted by molar-refractivity contribution is -0.139. The average molecular weight is 275 g/mol. The number of amides is 1. The Hall–Kier alpha value is -2.17. The number of hydrogen-bond donors (Lipinski definition) is 2. The number of aliphatic carboxylic acids is 1. The van der Waals surface area contributed by atoms with E-state index in [2.05, 4.69) is 5.32 Å². The van der Waals surface area contributed by atoms with Crippen LogP contribution in [0.3, 0.4) is 0 Å².